The van der Waals surface area contributed by atoms with Gasteiger partial charge in [0.25, 0.3) is 0 Å². The van der Waals surface area contributed by atoms with E-state index >= 15 is 0 Å². The topological polar surface area (TPSA) is 49.9 Å². The summed E-state index contributed by atoms with van der Waals surface area (Å²) in [4.78, 5) is 11.1. The number of benzene rings is 1. The fraction of sp³-hybridized carbons (Fsp3) is 0.444. The van der Waals surface area contributed by atoms with Gasteiger partial charge >= 0.3 is 0 Å². The molecule has 1 N–H and O–H groups in total. The Morgan fingerprint density at radius 1 is 1.00 bits per heavy atom. The van der Waals surface area contributed by atoms with Crippen LogP contribution in [0, 0.1) is 0 Å². The summed E-state index contributed by atoms with van der Waals surface area (Å²) in [7, 11) is 0. The van der Waals surface area contributed by atoms with E-state index in [0.717, 1.165) is 60.9 Å². The number of thiazole rings is 1. The third kappa shape index (κ3) is 4.52. The lowest BCUT2D eigenvalue weighted by Gasteiger charge is -2.28. The Morgan fingerprint density at radius 2 is 1.59 bits per heavy atom. The molecule has 1 aromatic heterocycles. The highest BCUT2D eigenvalue weighted by atomic mass is 35.5. The molecule has 0 spiro atoms. The Morgan fingerprint density at radius 3 is 2.22 bits per heavy atom. The van der Waals surface area contributed by atoms with Crippen LogP contribution in [0.2, 0.25) is 5.02 Å². The molecule has 144 valence electrons. The summed E-state index contributed by atoms with van der Waals surface area (Å²) in [5.41, 5.74) is 0.915. The Labute approximate surface area is 173 Å². The van der Waals surface area contributed by atoms with Gasteiger partial charge in [-0.3, -0.25) is 0 Å². The molecule has 0 saturated carbocycles. The van der Waals surface area contributed by atoms with Gasteiger partial charge in [0.15, 0.2) is 10.9 Å². The summed E-state index contributed by atoms with van der Waals surface area (Å²) in [5.74, 6) is 0.941. The van der Waals surface area contributed by atoms with Crippen LogP contribution in [-0.4, -0.2) is 62.6 Å². The Bertz CT molecular complexity index is 787. The summed E-state index contributed by atoms with van der Waals surface area (Å²) < 4.78 is 11.0. The van der Waals surface area contributed by atoms with Gasteiger partial charge in [-0.05, 0) is 24.3 Å². The molecule has 0 atom stereocenters. The molecule has 0 bridgehead atoms. The normalized spacial score (nSPS) is 17.8. The minimum absolute atomic E-state index is 0.677. The second kappa shape index (κ2) is 8.70. The van der Waals surface area contributed by atoms with E-state index in [4.69, 9.17) is 38.3 Å². The van der Waals surface area contributed by atoms with Crippen LogP contribution in [-0.2, 0) is 9.47 Å². The van der Waals surface area contributed by atoms with E-state index in [2.05, 4.69) is 15.1 Å². The zero-order valence-electron chi connectivity index (χ0n) is 14.8. The smallest absolute Gasteiger partial charge is 0.188 e. The number of thiocarbonyl (C=S) groups is 1. The maximum absolute atomic E-state index is 5.98. The van der Waals surface area contributed by atoms with Crippen LogP contribution < -0.4 is 15.1 Å². The molecule has 1 aromatic carbocycles. The molecule has 2 aliphatic rings. The summed E-state index contributed by atoms with van der Waals surface area (Å²) in [5, 5.41) is 5.02. The van der Waals surface area contributed by atoms with E-state index < -0.39 is 0 Å². The maximum atomic E-state index is 5.98. The number of anilines is 3. The third-order valence-electron chi connectivity index (χ3n) is 4.50. The van der Waals surface area contributed by atoms with Crippen LogP contribution in [0.4, 0.5) is 16.6 Å². The van der Waals surface area contributed by atoms with Crippen molar-refractivity contribution >= 4 is 56.8 Å². The maximum Gasteiger partial charge on any atom is 0.188 e. The molecule has 3 heterocycles. The molecule has 2 aliphatic heterocycles. The molecular formula is C18H21ClN4O2S2. The highest BCUT2D eigenvalue weighted by molar-refractivity contribution is 7.81. The lowest BCUT2D eigenvalue weighted by molar-refractivity contribution is 0.122. The van der Waals surface area contributed by atoms with E-state index in [9.17, 15) is 0 Å². The van der Waals surface area contributed by atoms with Gasteiger partial charge < -0.3 is 24.6 Å². The van der Waals surface area contributed by atoms with Crippen molar-refractivity contribution in [2.24, 2.45) is 0 Å². The number of hydrogen-bond acceptors (Lipinski definition) is 7. The highest BCUT2D eigenvalue weighted by Gasteiger charge is 2.25. The van der Waals surface area contributed by atoms with Crippen molar-refractivity contribution in [2.75, 3.05) is 67.7 Å². The van der Waals surface area contributed by atoms with E-state index in [0.29, 0.717) is 23.2 Å². The van der Waals surface area contributed by atoms with E-state index in [-0.39, 0.29) is 0 Å². The van der Waals surface area contributed by atoms with Gasteiger partial charge in [0, 0.05) is 36.9 Å². The van der Waals surface area contributed by atoms with Crippen LogP contribution >= 0.6 is 35.2 Å². The Kier molecular flexibility index (Phi) is 6.09. The molecule has 0 unspecified atom stereocenters. The molecule has 9 heteroatoms. The molecule has 2 saturated heterocycles. The van der Waals surface area contributed by atoms with Gasteiger partial charge in [-0.15, -0.1) is 0 Å². The number of aromatic nitrogens is 1. The minimum Gasteiger partial charge on any atom is -0.378 e. The van der Waals surface area contributed by atoms with Gasteiger partial charge in [-0.2, -0.15) is 0 Å². The molecule has 0 radical (unpaired) electrons. The average Bonchev–Trinajstić information content (AvgIpc) is 3.17. The van der Waals surface area contributed by atoms with E-state index in [1.807, 2.05) is 24.3 Å². The van der Waals surface area contributed by atoms with Gasteiger partial charge in [0.05, 0.1) is 26.4 Å². The van der Waals surface area contributed by atoms with Crippen molar-refractivity contribution in [2.45, 2.75) is 0 Å². The van der Waals surface area contributed by atoms with Crippen LogP contribution in [0.3, 0.4) is 0 Å². The molecular weight excluding hydrogens is 404 g/mol. The zero-order valence-corrected chi connectivity index (χ0v) is 17.2. The number of ether oxygens (including phenoxy) is 2. The van der Waals surface area contributed by atoms with Crippen molar-refractivity contribution in [1.82, 2.24) is 4.98 Å². The van der Waals surface area contributed by atoms with E-state index in [1.165, 1.54) is 0 Å². The van der Waals surface area contributed by atoms with Crippen LogP contribution in [0.15, 0.2) is 24.3 Å². The average molecular weight is 425 g/mol. The molecule has 0 aliphatic carbocycles. The van der Waals surface area contributed by atoms with Crippen molar-refractivity contribution in [1.29, 1.82) is 0 Å². The second-order valence-electron chi connectivity index (χ2n) is 6.31. The van der Waals surface area contributed by atoms with Crippen LogP contribution in [0.1, 0.15) is 4.88 Å². The minimum atomic E-state index is 0.677. The fourth-order valence-corrected chi connectivity index (χ4v) is 4.55. The van der Waals surface area contributed by atoms with Crippen molar-refractivity contribution < 1.29 is 9.47 Å². The van der Waals surface area contributed by atoms with E-state index in [1.54, 1.807) is 11.3 Å². The number of halogens is 1. The first kappa shape index (κ1) is 18.9. The summed E-state index contributed by atoms with van der Waals surface area (Å²) >= 11 is 13.3. The van der Waals surface area contributed by atoms with Crippen molar-refractivity contribution in [3.05, 3.63) is 34.2 Å². The lowest BCUT2D eigenvalue weighted by atomic mass is 10.3. The molecule has 2 fully saturated rings. The predicted octanol–water partition coefficient (Wildman–Crippen LogP) is 3.26. The van der Waals surface area contributed by atoms with Crippen molar-refractivity contribution in [3.63, 3.8) is 0 Å². The predicted molar refractivity (Wildman–Crippen MR) is 115 cm³/mol. The largest absolute Gasteiger partial charge is 0.378 e. The van der Waals surface area contributed by atoms with Gasteiger partial charge in [-0.1, -0.05) is 35.2 Å². The summed E-state index contributed by atoms with van der Waals surface area (Å²) in [6.45, 7) is 6.23. The molecule has 6 nitrogen and oxygen atoms in total. The molecule has 27 heavy (non-hydrogen) atoms. The Hall–Kier alpha value is -1.45. The first-order chi connectivity index (χ1) is 13.2. The number of morpholine rings is 2. The number of hydrogen-bond donors (Lipinski definition) is 1. The first-order valence-electron chi connectivity index (χ1n) is 8.94. The summed E-state index contributed by atoms with van der Waals surface area (Å²) in [6, 6.07) is 7.54. The summed E-state index contributed by atoms with van der Waals surface area (Å²) in [6.07, 6.45) is 0. The number of nitrogens with zero attached hydrogens (tertiary/aromatic N) is 3. The fourth-order valence-electron chi connectivity index (χ4n) is 3.05. The number of rotatable bonds is 4. The lowest BCUT2D eigenvalue weighted by Crippen LogP contribution is -2.38. The molecule has 2 aromatic rings. The Balaban J connectivity index is 1.60. The second-order valence-corrected chi connectivity index (χ2v) is 8.13. The van der Waals surface area contributed by atoms with Gasteiger partial charge in [0.1, 0.15) is 9.87 Å². The molecule has 0 amide bonds. The van der Waals surface area contributed by atoms with Crippen molar-refractivity contribution in [3.8, 4) is 0 Å². The van der Waals surface area contributed by atoms with Gasteiger partial charge in [-0.25, -0.2) is 4.98 Å². The number of nitrogens with one attached hydrogen (secondary N) is 1. The monoisotopic (exact) mass is 424 g/mol. The van der Waals surface area contributed by atoms with Crippen LogP contribution in [0.25, 0.3) is 0 Å². The van der Waals surface area contributed by atoms with Crippen LogP contribution in [0.5, 0.6) is 0 Å². The first-order valence-corrected chi connectivity index (χ1v) is 10.5. The highest BCUT2D eigenvalue weighted by Crippen LogP contribution is 2.34. The van der Waals surface area contributed by atoms with Gasteiger partial charge in [0.2, 0.25) is 0 Å². The SMILES string of the molecule is S=C(Nc1ccc(Cl)cc1)c1sc(N2CCOCC2)nc1N1CCOCC1. The zero-order chi connectivity index (χ0) is 18.6. The standard InChI is InChI=1S/C18H21ClN4O2S2/c19-13-1-3-14(4-2-13)20-17(26)15-16(22-5-9-24-10-6-22)21-18(27-15)23-7-11-25-12-8-23/h1-4H,5-12H2,(H,20,26). The third-order valence-corrected chi connectivity index (χ3v) is 6.31. The molecule has 4 rings (SSSR count). The quantitative estimate of drug-likeness (QED) is 0.756.